The second-order valence-electron chi connectivity index (χ2n) is 7.45. The number of nitrogens with two attached hydrogens (primary N) is 1. The van der Waals surface area contributed by atoms with E-state index in [0.717, 1.165) is 16.7 Å². The number of rotatable bonds is 10. The number of halogens is 1. The molecule has 0 aliphatic rings. The van der Waals surface area contributed by atoms with E-state index in [2.05, 4.69) is 26.4 Å². The van der Waals surface area contributed by atoms with E-state index in [1.807, 2.05) is 30.3 Å². The van der Waals surface area contributed by atoms with E-state index < -0.39 is 15.9 Å². The van der Waals surface area contributed by atoms with Crippen molar-refractivity contribution in [3.05, 3.63) is 94.0 Å². The van der Waals surface area contributed by atoms with Gasteiger partial charge in [0, 0.05) is 13.0 Å². The number of carbonyl (C=O) groups excluding carboxylic acids is 1. The molecule has 0 radical (unpaired) electrons. The van der Waals surface area contributed by atoms with Crippen molar-refractivity contribution >= 4 is 37.6 Å². The lowest BCUT2D eigenvalue weighted by Crippen LogP contribution is -2.34. The molecule has 34 heavy (non-hydrogen) atoms. The number of benzene rings is 3. The molecule has 0 aliphatic heterocycles. The molecular weight excluding hydrogens is 522 g/mol. The van der Waals surface area contributed by atoms with Gasteiger partial charge in [-0.15, -0.1) is 0 Å². The van der Waals surface area contributed by atoms with Crippen molar-refractivity contribution in [1.82, 2.24) is 5.32 Å². The lowest BCUT2D eigenvalue weighted by Gasteiger charge is -2.10. The van der Waals surface area contributed by atoms with Crippen molar-refractivity contribution in [3.8, 4) is 5.75 Å². The van der Waals surface area contributed by atoms with E-state index in [-0.39, 0.29) is 29.4 Å². The molecule has 3 aromatic rings. The summed E-state index contributed by atoms with van der Waals surface area (Å²) in [4.78, 5) is 18.3. The molecule has 4 N–H and O–H groups in total. The molecule has 0 saturated heterocycles. The van der Waals surface area contributed by atoms with Gasteiger partial charge in [0.15, 0.2) is 0 Å². The number of oxime groups is 1. The van der Waals surface area contributed by atoms with Crippen LogP contribution in [0.25, 0.3) is 0 Å². The van der Waals surface area contributed by atoms with Gasteiger partial charge < -0.3 is 15.3 Å². The Morgan fingerprint density at radius 3 is 2.32 bits per heavy atom. The molecular formula is C24H24BrN3O5S. The number of phenolic OH excluding ortho intramolecular Hbond substituents is 1. The van der Waals surface area contributed by atoms with Gasteiger partial charge in [0.1, 0.15) is 18.1 Å². The number of amides is 1. The Balaban J connectivity index is 1.65. The molecule has 0 heterocycles. The molecule has 3 aromatic carbocycles. The lowest BCUT2D eigenvalue weighted by molar-refractivity contribution is -0.115. The first-order valence-electron chi connectivity index (χ1n) is 10.3. The molecule has 0 fully saturated rings. The smallest absolute Gasteiger partial charge is 0.269 e. The number of hydrogen-bond donors (Lipinski definition) is 3. The highest BCUT2D eigenvalue weighted by molar-refractivity contribution is 9.10. The number of phenols is 1. The molecule has 0 bridgehead atoms. The second kappa shape index (κ2) is 11.8. The van der Waals surface area contributed by atoms with Gasteiger partial charge in [-0.1, -0.05) is 53.7 Å². The zero-order valence-electron chi connectivity index (χ0n) is 18.1. The van der Waals surface area contributed by atoms with Crippen LogP contribution in [0.5, 0.6) is 5.75 Å². The lowest BCUT2D eigenvalue weighted by atomic mass is 10.1. The number of hydrogen-bond acceptors (Lipinski definition) is 6. The first-order chi connectivity index (χ1) is 16.2. The van der Waals surface area contributed by atoms with Crippen molar-refractivity contribution in [2.24, 2.45) is 10.3 Å². The third kappa shape index (κ3) is 7.68. The maximum absolute atomic E-state index is 12.8. The number of nitrogens with one attached hydrogen (secondary N) is 1. The zero-order chi connectivity index (χ0) is 24.6. The largest absolute Gasteiger partial charge is 0.507 e. The maximum atomic E-state index is 12.8. The van der Waals surface area contributed by atoms with E-state index in [9.17, 15) is 18.3 Å². The zero-order valence-corrected chi connectivity index (χ0v) is 20.6. The van der Waals surface area contributed by atoms with Gasteiger partial charge in [0.05, 0.1) is 9.37 Å². The summed E-state index contributed by atoms with van der Waals surface area (Å²) in [7, 11) is -3.75. The van der Waals surface area contributed by atoms with Gasteiger partial charge in [-0.2, -0.15) is 0 Å². The van der Waals surface area contributed by atoms with Crippen molar-refractivity contribution in [2.45, 2.75) is 24.3 Å². The Hall–Kier alpha value is -3.21. The van der Waals surface area contributed by atoms with Crippen LogP contribution in [0.4, 0.5) is 0 Å². The first-order valence-corrected chi connectivity index (χ1v) is 12.7. The van der Waals surface area contributed by atoms with E-state index in [0.29, 0.717) is 17.4 Å². The third-order valence-corrected chi connectivity index (χ3v) is 6.41. The maximum Gasteiger partial charge on any atom is 0.269 e. The van der Waals surface area contributed by atoms with Crippen molar-refractivity contribution in [2.75, 3.05) is 6.54 Å². The van der Waals surface area contributed by atoms with Crippen LogP contribution in [-0.4, -0.2) is 31.7 Å². The highest BCUT2D eigenvalue weighted by Gasteiger charge is 2.15. The minimum atomic E-state index is -3.75. The van der Waals surface area contributed by atoms with E-state index in [1.165, 1.54) is 18.2 Å². The predicted octanol–water partition coefficient (Wildman–Crippen LogP) is 3.28. The summed E-state index contributed by atoms with van der Waals surface area (Å²) >= 11 is 3.27. The van der Waals surface area contributed by atoms with Crippen LogP contribution < -0.4 is 10.5 Å². The highest BCUT2D eigenvalue weighted by atomic mass is 79.9. The van der Waals surface area contributed by atoms with Gasteiger partial charge in [-0.3, -0.25) is 4.79 Å². The number of primary sulfonamides is 1. The molecule has 8 nitrogen and oxygen atoms in total. The number of sulfonamides is 1. The SMILES string of the molecule is NS(=O)(=O)c1ccc(CCNC(=O)/C(Cc2ccc(O)c(Br)c2)=N/OCc2ccccc2)cc1. The van der Waals surface area contributed by atoms with Crippen LogP contribution in [-0.2, 0) is 39.1 Å². The summed E-state index contributed by atoms with van der Waals surface area (Å²) < 4.78 is 23.2. The standard InChI is InChI=1S/C24H24BrN3O5S/c25-21-14-19(8-11-23(21)29)15-22(28-33-16-18-4-2-1-3-5-18)24(30)27-13-12-17-6-9-20(10-7-17)34(26,31)32/h1-11,14,29H,12-13,15-16H2,(H,27,30)(H2,26,31,32)/b28-22+. The van der Waals surface area contributed by atoms with Crippen LogP contribution in [0.2, 0.25) is 0 Å². The minimum Gasteiger partial charge on any atom is -0.507 e. The first kappa shape index (κ1) is 25.4. The fourth-order valence-electron chi connectivity index (χ4n) is 3.03. The Morgan fingerprint density at radius 2 is 1.68 bits per heavy atom. The quantitative estimate of drug-likeness (QED) is 0.265. The molecule has 0 spiro atoms. The van der Waals surface area contributed by atoms with Gasteiger partial charge >= 0.3 is 0 Å². The average molecular weight is 546 g/mol. The summed E-state index contributed by atoms with van der Waals surface area (Å²) in [5.41, 5.74) is 2.70. The molecule has 0 saturated carbocycles. The van der Waals surface area contributed by atoms with Crippen LogP contribution >= 0.6 is 15.9 Å². The van der Waals surface area contributed by atoms with Gasteiger partial charge in [0.25, 0.3) is 5.91 Å². The number of nitrogens with zero attached hydrogens (tertiary/aromatic N) is 1. The molecule has 10 heteroatoms. The second-order valence-corrected chi connectivity index (χ2v) is 9.87. The summed E-state index contributed by atoms with van der Waals surface area (Å²) in [5.74, 6) is -0.293. The molecule has 0 atom stereocenters. The molecule has 0 aliphatic carbocycles. The molecule has 178 valence electrons. The Morgan fingerprint density at radius 1 is 1.00 bits per heavy atom. The van der Waals surface area contributed by atoms with Crippen molar-refractivity contribution in [1.29, 1.82) is 0 Å². The Kier molecular flexibility index (Phi) is 8.80. The third-order valence-electron chi connectivity index (χ3n) is 4.85. The predicted molar refractivity (Wildman–Crippen MR) is 133 cm³/mol. The van der Waals surface area contributed by atoms with Gasteiger partial charge in [0.2, 0.25) is 10.0 Å². The van der Waals surface area contributed by atoms with Crippen molar-refractivity contribution in [3.63, 3.8) is 0 Å². The minimum absolute atomic E-state index is 0.0327. The van der Waals surface area contributed by atoms with Crippen LogP contribution in [0, 0.1) is 0 Å². The van der Waals surface area contributed by atoms with Crippen LogP contribution in [0.15, 0.2) is 87.3 Å². The van der Waals surface area contributed by atoms with Gasteiger partial charge in [-0.05, 0) is 63.3 Å². The van der Waals surface area contributed by atoms with Crippen LogP contribution in [0.1, 0.15) is 16.7 Å². The van der Waals surface area contributed by atoms with E-state index in [1.54, 1.807) is 24.3 Å². The monoisotopic (exact) mass is 545 g/mol. The normalized spacial score (nSPS) is 11.8. The average Bonchev–Trinajstić information content (AvgIpc) is 2.81. The fraction of sp³-hybridized carbons (Fsp3) is 0.167. The molecule has 0 unspecified atom stereocenters. The molecule has 1 amide bonds. The van der Waals surface area contributed by atoms with Gasteiger partial charge in [-0.25, -0.2) is 13.6 Å². The highest BCUT2D eigenvalue weighted by Crippen LogP contribution is 2.24. The number of carbonyl (C=O) groups is 1. The summed E-state index contributed by atoms with van der Waals surface area (Å²) in [6, 6.07) is 20.6. The fourth-order valence-corrected chi connectivity index (χ4v) is 3.98. The molecule has 3 rings (SSSR count). The topological polar surface area (TPSA) is 131 Å². The number of aromatic hydroxyl groups is 1. The Labute approximate surface area is 206 Å². The Bertz CT molecular complexity index is 1260. The van der Waals surface area contributed by atoms with E-state index >= 15 is 0 Å². The summed E-state index contributed by atoms with van der Waals surface area (Å²) in [5, 5.41) is 21.7. The summed E-state index contributed by atoms with van der Waals surface area (Å²) in [6.07, 6.45) is 0.683. The molecule has 0 aromatic heterocycles. The van der Waals surface area contributed by atoms with Crippen molar-refractivity contribution < 1.29 is 23.2 Å². The van der Waals surface area contributed by atoms with Crippen LogP contribution in [0.3, 0.4) is 0 Å². The summed E-state index contributed by atoms with van der Waals surface area (Å²) in [6.45, 7) is 0.526. The van der Waals surface area contributed by atoms with E-state index in [4.69, 9.17) is 9.98 Å².